The summed E-state index contributed by atoms with van der Waals surface area (Å²) >= 11 is 0. The lowest BCUT2D eigenvalue weighted by Crippen LogP contribution is -2.30. The van der Waals surface area contributed by atoms with E-state index in [-0.39, 0.29) is 6.04 Å². The predicted molar refractivity (Wildman–Crippen MR) is 58.8 cm³/mol. The molecule has 0 bridgehead atoms. The van der Waals surface area contributed by atoms with Crippen LogP contribution in [0.2, 0.25) is 0 Å². The Morgan fingerprint density at radius 3 is 2.43 bits per heavy atom. The summed E-state index contributed by atoms with van der Waals surface area (Å²) in [5.41, 5.74) is 0.939. The van der Waals surface area contributed by atoms with E-state index in [2.05, 4.69) is 6.58 Å². The van der Waals surface area contributed by atoms with E-state index in [0.717, 1.165) is 5.56 Å². The van der Waals surface area contributed by atoms with Crippen LogP contribution in [-0.4, -0.2) is 23.1 Å². The smallest absolute Gasteiger partial charge is 0.0990 e. The van der Waals surface area contributed by atoms with Crippen molar-refractivity contribution >= 4 is 0 Å². The van der Waals surface area contributed by atoms with Crippen molar-refractivity contribution in [1.82, 2.24) is 4.90 Å². The van der Waals surface area contributed by atoms with Gasteiger partial charge in [-0.15, -0.1) is 0 Å². The number of benzene rings is 1. The molecule has 0 amide bonds. The van der Waals surface area contributed by atoms with E-state index >= 15 is 0 Å². The Labute approximate surface area is 85.5 Å². The molecule has 2 heteroatoms. The van der Waals surface area contributed by atoms with Crippen molar-refractivity contribution in [3.05, 3.63) is 48.7 Å². The van der Waals surface area contributed by atoms with Gasteiger partial charge in [0.05, 0.1) is 12.1 Å². The molecule has 0 aliphatic rings. The first kappa shape index (κ1) is 10.8. The molecule has 0 saturated carbocycles. The molecule has 0 aliphatic carbocycles. The van der Waals surface area contributed by atoms with Gasteiger partial charge in [0, 0.05) is 7.05 Å². The minimum Gasteiger partial charge on any atom is -0.386 e. The van der Waals surface area contributed by atoms with Crippen LogP contribution in [0, 0.1) is 0 Å². The molecule has 0 aromatic heterocycles. The Balaban J connectivity index is 2.75. The second-order valence-electron chi connectivity index (χ2n) is 3.44. The zero-order chi connectivity index (χ0) is 10.6. The van der Waals surface area contributed by atoms with E-state index in [0.29, 0.717) is 0 Å². The van der Waals surface area contributed by atoms with Gasteiger partial charge in [-0.25, -0.2) is 0 Å². The van der Waals surface area contributed by atoms with E-state index in [1.807, 2.05) is 49.2 Å². The fourth-order valence-corrected chi connectivity index (χ4v) is 1.32. The number of rotatable bonds is 4. The van der Waals surface area contributed by atoms with E-state index in [9.17, 15) is 5.11 Å². The lowest BCUT2D eigenvalue weighted by atomic mass is 10.0. The molecule has 0 aliphatic heterocycles. The van der Waals surface area contributed by atoms with Gasteiger partial charge in [-0.3, -0.25) is 0 Å². The summed E-state index contributed by atoms with van der Waals surface area (Å²) in [6.45, 7) is 5.64. The topological polar surface area (TPSA) is 23.5 Å². The molecular weight excluding hydrogens is 174 g/mol. The Morgan fingerprint density at radius 2 is 1.93 bits per heavy atom. The number of aliphatic hydroxyl groups is 1. The van der Waals surface area contributed by atoms with Crippen LogP contribution >= 0.6 is 0 Å². The fourth-order valence-electron chi connectivity index (χ4n) is 1.32. The van der Waals surface area contributed by atoms with Crippen molar-refractivity contribution in [3.63, 3.8) is 0 Å². The standard InChI is InChI=1S/C12H17NO/c1-4-13(3)10(2)12(14)11-8-6-5-7-9-11/h4-10,12,14H,1H2,2-3H3. The molecule has 1 N–H and O–H groups in total. The molecule has 0 saturated heterocycles. The van der Waals surface area contributed by atoms with Gasteiger partial charge in [0.1, 0.15) is 0 Å². The zero-order valence-electron chi connectivity index (χ0n) is 8.72. The molecule has 0 spiro atoms. The van der Waals surface area contributed by atoms with Crippen molar-refractivity contribution in [3.8, 4) is 0 Å². The third-order valence-electron chi connectivity index (χ3n) is 2.53. The highest BCUT2D eigenvalue weighted by molar-refractivity contribution is 5.18. The molecule has 0 radical (unpaired) electrons. The Bertz CT molecular complexity index is 284. The van der Waals surface area contributed by atoms with Gasteiger partial charge >= 0.3 is 0 Å². The number of hydrogen-bond donors (Lipinski definition) is 1. The number of nitrogens with zero attached hydrogens (tertiary/aromatic N) is 1. The zero-order valence-corrected chi connectivity index (χ0v) is 8.72. The average molecular weight is 191 g/mol. The summed E-state index contributed by atoms with van der Waals surface area (Å²) in [6, 6.07) is 9.70. The Kier molecular flexibility index (Phi) is 3.72. The average Bonchev–Trinajstić information content (AvgIpc) is 2.27. The minimum absolute atomic E-state index is 0.0369. The molecule has 1 rings (SSSR count). The van der Waals surface area contributed by atoms with E-state index in [1.54, 1.807) is 6.20 Å². The van der Waals surface area contributed by atoms with Crippen LogP contribution in [0.3, 0.4) is 0 Å². The van der Waals surface area contributed by atoms with Gasteiger partial charge in [0.15, 0.2) is 0 Å². The van der Waals surface area contributed by atoms with Crippen LogP contribution in [0.5, 0.6) is 0 Å². The number of aliphatic hydroxyl groups excluding tert-OH is 1. The molecule has 1 aromatic rings. The molecule has 0 heterocycles. The number of likely N-dealkylation sites (N-methyl/N-ethyl adjacent to an activating group) is 1. The summed E-state index contributed by atoms with van der Waals surface area (Å²) in [5, 5.41) is 10.0. The first-order chi connectivity index (χ1) is 6.66. The highest BCUT2D eigenvalue weighted by Crippen LogP contribution is 2.19. The number of hydrogen-bond acceptors (Lipinski definition) is 2. The maximum atomic E-state index is 10.0. The monoisotopic (exact) mass is 191 g/mol. The van der Waals surface area contributed by atoms with Gasteiger partial charge < -0.3 is 10.0 Å². The van der Waals surface area contributed by atoms with Crippen molar-refractivity contribution in [1.29, 1.82) is 0 Å². The van der Waals surface area contributed by atoms with Gasteiger partial charge in [-0.05, 0) is 18.7 Å². The second kappa shape index (κ2) is 4.82. The van der Waals surface area contributed by atoms with E-state index < -0.39 is 6.10 Å². The van der Waals surface area contributed by atoms with Crippen molar-refractivity contribution in [2.24, 2.45) is 0 Å². The third-order valence-corrected chi connectivity index (χ3v) is 2.53. The first-order valence-corrected chi connectivity index (χ1v) is 4.74. The van der Waals surface area contributed by atoms with Gasteiger partial charge in [-0.1, -0.05) is 36.9 Å². The maximum absolute atomic E-state index is 10.0. The van der Waals surface area contributed by atoms with Crippen molar-refractivity contribution in [2.45, 2.75) is 19.1 Å². The Morgan fingerprint density at radius 1 is 1.36 bits per heavy atom. The molecule has 1 aromatic carbocycles. The lowest BCUT2D eigenvalue weighted by Gasteiger charge is -2.27. The molecule has 2 nitrogen and oxygen atoms in total. The second-order valence-corrected chi connectivity index (χ2v) is 3.44. The van der Waals surface area contributed by atoms with Crippen molar-refractivity contribution in [2.75, 3.05) is 7.05 Å². The van der Waals surface area contributed by atoms with Crippen LogP contribution in [0.15, 0.2) is 43.1 Å². The summed E-state index contributed by atoms with van der Waals surface area (Å²) in [5.74, 6) is 0. The van der Waals surface area contributed by atoms with Gasteiger partial charge in [0.25, 0.3) is 0 Å². The maximum Gasteiger partial charge on any atom is 0.0990 e. The molecular formula is C12H17NO. The SMILES string of the molecule is C=CN(C)C(C)C(O)c1ccccc1. The summed E-state index contributed by atoms with van der Waals surface area (Å²) in [7, 11) is 1.91. The minimum atomic E-state index is -0.473. The van der Waals surface area contributed by atoms with E-state index in [4.69, 9.17) is 0 Å². The predicted octanol–water partition coefficient (Wildman–Crippen LogP) is 2.18. The summed E-state index contributed by atoms with van der Waals surface area (Å²) in [4.78, 5) is 1.90. The highest BCUT2D eigenvalue weighted by atomic mass is 16.3. The molecule has 2 atom stereocenters. The lowest BCUT2D eigenvalue weighted by molar-refractivity contribution is 0.0951. The Hall–Kier alpha value is -1.28. The fraction of sp³-hybridized carbons (Fsp3) is 0.333. The van der Waals surface area contributed by atoms with Crippen LogP contribution in [-0.2, 0) is 0 Å². The van der Waals surface area contributed by atoms with Crippen LogP contribution in [0.1, 0.15) is 18.6 Å². The summed E-state index contributed by atoms with van der Waals surface area (Å²) in [6.07, 6.45) is 1.25. The third kappa shape index (κ3) is 2.36. The molecule has 76 valence electrons. The first-order valence-electron chi connectivity index (χ1n) is 4.74. The highest BCUT2D eigenvalue weighted by Gasteiger charge is 2.17. The normalized spacial score (nSPS) is 14.5. The van der Waals surface area contributed by atoms with Crippen LogP contribution < -0.4 is 0 Å². The van der Waals surface area contributed by atoms with Gasteiger partial charge in [0.2, 0.25) is 0 Å². The van der Waals surface area contributed by atoms with Crippen molar-refractivity contribution < 1.29 is 5.11 Å². The van der Waals surface area contributed by atoms with Gasteiger partial charge in [-0.2, -0.15) is 0 Å². The van der Waals surface area contributed by atoms with E-state index in [1.165, 1.54) is 0 Å². The molecule has 0 fully saturated rings. The van der Waals surface area contributed by atoms with Crippen LogP contribution in [0.25, 0.3) is 0 Å². The summed E-state index contributed by atoms with van der Waals surface area (Å²) < 4.78 is 0. The molecule has 14 heavy (non-hydrogen) atoms. The quantitative estimate of drug-likeness (QED) is 0.788. The van der Waals surface area contributed by atoms with Crippen LogP contribution in [0.4, 0.5) is 0 Å². The molecule has 2 unspecified atom stereocenters. The largest absolute Gasteiger partial charge is 0.386 e.